The number of nitrogens with one attached hydrogen (secondary N) is 1. The topological polar surface area (TPSA) is 61.4 Å². The van der Waals surface area contributed by atoms with Gasteiger partial charge in [0.25, 0.3) is 0 Å². The summed E-state index contributed by atoms with van der Waals surface area (Å²) in [5.74, 6) is 1.85. The minimum atomic E-state index is 0.0480. The van der Waals surface area contributed by atoms with E-state index >= 15 is 0 Å². The summed E-state index contributed by atoms with van der Waals surface area (Å²) in [7, 11) is 0. The summed E-state index contributed by atoms with van der Waals surface area (Å²) in [5.41, 5.74) is 1.93. The van der Waals surface area contributed by atoms with Gasteiger partial charge in [0.2, 0.25) is 5.91 Å². The zero-order chi connectivity index (χ0) is 19.0. The molecule has 5 rings (SSSR count). The molecule has 2 aromatic rings. The summed E-state index contributed by atoms with van der Waals surface area (Å²) in [6.45, 7) is 6.65. The maximum atomic E-state index is 12.4. The number of halogens is 1. The molecule has 7 heteroatoms. The van der Waals surface area contributed by atoms with E-state index in [0.29, 0.717) is 30.2 Å². The minimum Gasteiger partial charge on any atom is -0.353 e. The fraction of sp³-hybridized carbons (Fsp3) is 0.450. The summed E-state index contributed by atoms with van der Waals surface area (Å²) in [6.07, 6.45) is 1.15. The van der Waals surface area contributed by atoms with Crippen LogP contribution >= 0.6 is 11.6 Å². The lowest BCUT2D eigenvalue weighted by molar-refractivity contribution is -0.127. The number of aromatic nitrogens is 2. The van der Waals surface area contributed by atoms with Gasteiger partial charge in [-0.3, -0.25) is 9.69 Å². The molecule has 2 atom stereocenters. The van der Waals surface area contributed by atoms with E-state index in [2.05, 4.69) is 25.1 Å². The van der Waals surface area contributed by atoms with E-state index in [-0.39, 0.29) is 5.91 Å². The molecule has 1 amide bonds. The largest absolute Gasteiger partial charge is 0.353 e. The Hall–Kier alpha value is -2.18. The molecule has 6 nitrogen and oxygen atoms in total. The number of carbonyl (C=O) groups is 1. The van der Waals surface area contributed by atoms with Crippen molar-refractivity contribution in [1.82, 2.24) is 20.2 Å². The van der Waals surface area contributed by atoms with Crippen LogP contribution in [-0.2, 0) is 11.3 Å². The molecule has 0 spiro atoms. The molecule has 27 heavy (non-hydrogen) atoms. The van der Waals surface area contributed by atoms with Crippen molar-refractivity contribution in [2.24, 2.45) is 0 Å². The smallest absolute Gasteiger partial charge is 0.234 e. The Morgan fingerprint density at radius 3 is 2.67 bits per heavy atom. The Labute approximate surface area is 164 Å². The molecule has 3 aliphatic heterocycles. The van der Waals surface area contributed by atoms with E-state index in [0.717, 1.165) is 42.4 Å². The first-order valence-corrected chi connectivity index (χ1v) is 9.70. The first-order chi connectivity index (χ1) is 13.0. The van der Waals surface area contributed by atoms with E-state index in [4.69, 9.17) is 11.6 Å². The molecule has 3 fully saturated rings. The highest BCUT2D eigenvalue weighted by Gasteiger charge is 2.45. The summed E-state index contributed by atoms with van der Waals surface area (Å²) < 4.78 is 0. The molecule has 3 aliphatic rings. The molecule has 4 heterocycles. The molecule has 1 aromatic heterocycles. The first kappa shape index (κ1) is 18.2. The lowest BCUT2D eigenvalue weighted by Crippen LogP contribution is -2.70. The van der Waals surface area contributed by atoms with Gasteiger partial charge in [0.05, 0.1) is 6.54 Å². The van der Waals surface area contributed by atoms with Gasteiger partial charge < -0.3 is 10.2 Å². The van der Waals surface area contributed by atoms with Crippen molar-refractivity contribution in [2.75, 3.05) is 24.5 Å². The summed E-state index contributed by atoms with van der Waals surface area (Å²) in [5, 5.41) is 3.67. The van der Waals surface area contributed by atoms with E-state index in [1.54, 1.807) is 0 Å². The van der Waals surface area contributed by atoms with E-state index in [1.165, 1.54) is 0 Å². The Bertz CT molecular complexity index is 826. The van der Waals surface area contributed by atoms with E-state index in [1.807, 2.05) is 44.2 Å². The molecule has 1 aromatic carbocycles. The van der Waals surface area contributed by atoms with Gasteiger partial charge in [-0.05, 0) is 31.9 Å². The third-order valence-corrected chi connectivity index (χ3v) is 5.75. The van der Waals surface area contributed by atoms with Crippen LogP contribution in [0.15, 0.2) is 30.3 Å². The molecule has 2 unspecified atom stereocenters. The Kier molecular flexibility index (Phi) is 5.02. The summed E-state index contributed by atoms with van der Waals surface area (Å²) >= 11 is 6.15. The quantitative estimate of drug-likeness (QED) is 0.855. The fourth-order valence-corrected chi connectivity index (χ4v) is 4.25. The zero-order valence-electron chi connectivity index (χ0n) is 15.7. The maximum Gasteiger partial charge on any atom is 0.234 e. The Balaban J connectivity index is 1.31. The molecule has 2 bridgehead atoms. The fourth-order valence-electron chi connectivity index (χ4n) is 4.05. The van der Waals surface area contributed by atoms with Crippen molar-refractivity contribution >= 4 is 23.3 Å². The molecule has 3 saturated heterocycles. The van der Waals surface area contributed by atoms with Crippen LogP contribution in [0.3, 0.4) is 0 Å². The van der Waals surface area contributed by atoms with Crippen molar-refractivity contribution in [1.29, 1.82) is 0 Å². The van der Waals surface area contributed by atoms with Crippen molar-refractivity contribution < 1.29 is 4.79 Å². The monoisotopic (exact) mass is 385 g/mol. The standard InChI is InChI=1S/C20H24ClN5O/c1-13-7-19(24-14(2)23-13)25-10-16-8-17(11-25)26(16)12-20(27)22-9-15-5-3-4-6-18(15)21/h3-7,16-17H,8-12H2,1-2H3,(H,22,27). The van der Waals surface area contributed by atoms with Gasteiger partial charge in [-0.1, -0.05) is 29.8 Å². The number of amides is 1. The number of piperidine rings is 1. The van der Waals surface area contributed by atoms with Crippen molar-refractivity contribution in [2.45, 2.75) is 38.9 Å². The van der Waals surface area contributed by atoms with E-state index < -0.39 is 0 Å². The number of carbonyl (C=O) groups excluding carboxylic acids is 1. The van der Waals surface area contributed by atoms with Crippen molar-refractivity contribution in [3.8, 4) is 0 Å². The van der Waals surface area contributed by atoms with Gasteiger partial charge in [0.15, 0.2) is 0 Å². The Morgan fingerprint density at radius 1 is 1.22 bits per heavy atom. The zero-order valence-corrected chi connectivity index (χ0v) is 16.4. The maximum absolute atomic E-state index is 12.4. The van der Waals surface area contributed by atoms with Crippen LogP contribution in [0, 0.1) is 13.8 Å². The van der Waals surface area contributed by atoms with Crippen LogP contribution < -0.4 is 10.2 Å². The molecule has 1 N–H and O–H groups in total. The molecular weight excluding hydrogens is 362 g/mol. The van der Waals surface area contributed by atoms with Gasteiger partial charge in [-0.15, -0.1) is 0 Å². The summed E-state index contributed by atoms with van der Waals surface area (Å²) in [4.78, 5) is 25.9. The molecule has 0 radical (unpaired) electrons. The van der Waals surface area contributed by atoms with Gasteiger partial charge in [-0.2, -0.15) is 0 Å². The first-order valence-electron chi connectivity index (χ1n) is 9.32. The van der Waals surface area contributed by atoms with Crippen LogP contribution in [-0.4, -0.2) is 52.5 Å². The molecular formula is C20H24ClN5O. The molecule has 0 aliphatic carbocycles. The van der Waals surface area contributed by atoms with E-state index in [9.17, 15) is 4.79 Å². The minimum absolute atomic E-state index is 0.0480. The third kappa shape index (κ3) is 3.92. The van der Waals surface area contributed by atoms with Gasteiger partial charge >= 0.3 is 0 Å². The second-order valence-electron chi connectivity index (χ2n) is 7.40. The molecule has 0 saturated carbocycles. The summed E-state index contributed by atoms with van der Waals surface area (Å²) in [6, 6.07) is 10.5. The number of hydrogen-bond acceptors (Lipinski definition) is 5. The number of hydrogen-bond donors (Lipinski definition) is 1. The Morgan fingerprint density at radius 2 is 1.96 bits per heavy atom. The molecule has 142 valence electrons. The highest BCUT2D eigenvalue weighted by atomic mass is 35.5. The number of aryl methyl sites for hydroxylation is 2. The predicted octanol–water partition coefficient (Wildman–Crippen LogP) is 2.33. The van der Waals surface area contributed by atoms with Crippen LogP contribution in [0.4, 0.5) is 5.82 Å². The number of benzene rings is 1. The van der Waals surface area contributed by atoms with Crippen LogP contribution in [0.25, 0.3) is 0 Å². The third-order valence-electron chi connectivity index (χ3n) is 5.38. The van der Waals surface area contributed by atoms with Gasteiger partial charge in [0.1, 0.15) is 11.6 Å². The van der Waals surface area contributed by atoms with Crippen LogP contribution in [0.5, 0.6) is 0 Å². The van der Waals surface area contributed by atoms with Crippen LogP contribution in [0.2, 0.25) is 5.02 Å². The second-order valence-corrected chi connectivity index (χ2v) is 7.81. The number of piperazine rings is 1. The SMILES string of the molecule is Cc1cc(N2CC3CC(C2)N3CC(=O)NCc2ccccc2Cl)nc(C)n1. The second kappa shape index (κ2) is 7.44. The average Bonchev–Trinajstić information content (AvgIpc) is 2.65. The average molecular weight is 386 g/mol. The highest BCUT2D eigenvalue weighted by molar-refractivity contribution is 6.31. The lowest BCUT2D eigenvalue weighted by atomic mass is 9.87. The number of fused-ring (bicyclic) bond motifs is 2. The number of anilines is 1. The number of nitrogens with zero attached hydrogens (tertiary/aromatic N) is 4. The van der Waals surface area contributed by atoms with Gasteiger partial charge in [-0.25, -0.2) is 9.97 Å². The predicted molar refractivity (Wildman–Crippen MR) is 106 cm³/mol. The van der Waals surface area contributed by atoms with Crippen molar-refractivity contribution in [3.63, 3.8) is 0 Å². The van der Waals surface area contributed by atoms with Gasteiger partial charge in [0, 0.05) is 48.5 Å². The lowest BCUT2D eigenvalue weighted by Gasteiger charge is -2.56. The highest BCUT2D eigenvalue weighted by Crippen LogP contribution is 2.33. The number of rotatable bonds is 5. The van der Waals surface area contributed by atoms with Crippen molar-refractivity contribution in [3.05, 3.63) is 52.4 Å². The normalized spacial score (nSPS) is 21.7. The van der Waals surface area contributed by atoms with Crippen LogP contribution in [0.1, 0.15) is 23.5 Å².